The minimum absolute atomic E-state index is 0.630. The van der Waals surface area contributed by atoms with Crippen molar-refractivity contribution in [3.8, 4) is 0 Å². The summed E-state index contributed by atoms with van der Waals surface area (Å²) in [6.07, 6.45) is 5.62. The Labute approximate surface area is 103 Å². The molecule has 0 aromatic carbocycles. The van der Waals surface area contributed by atoms with Crippen LogP contribution >= 0.6 is 0 Å². The molecule has 1 aliphatic carbocycles. The summed E-state index contributed by atoms with van der Waals surface area (Å²) in [4.78, 5) is 6.67. The Balaban J connectivity index is 1.82. The fraction of sp³-hybridized carbons (Fsp3) is 0.769. The van der Waals surface area contributed by atoms with Gasteiger partial charge in [-0.15, -0.1) is 0 Å². The van der Waals surface area contributed by atoms with Crippen LogP contribution in [0.25, 0.3) is 0 Å². The maximum Gasteiger partial charge on any atom is 0.297 e. The van der Waals surface area contributed by atoms with Crippen LogP contribution in [0.3, 0.4) is 0 Å². The van der Waals surface area contributed by atoms with Gasteiger partial charge < -0.3 is 14.6 Å². The molecule has 17 heavy (non-hydrogen) atoms. The van der Waals surface area contributed by atoms with Crippen molar-refractivity contribution in [2.24, 2.45) is 5.92 Å². The van der Waals surface area contributed by atoms with Crippen LogP contribution < -0.4 is 10.2 Å². The first kappa shape index (κ1) is 12.4. The highest BCUT2D eigenvalue weighted by Gasteiger charge is 2.24. The molecule has 4 nitrogen and oxygen atoms in total. The van der Waals surface area contributed by atoms with Gasteiger partial charge in [0.1, 0.15) is 6.26 Å². The first-order chi connectivity index (χ1) is 8.16. The van der Waals surface area contributed by atoms with Gasteiger partial charge in [-0.2, -0.15) is 4.98 Å². The first-order valence-corrected chi connectivity index (χ1v) is 6.54. The number of rotatable bonds is 6. The predicted octanol–water partition coefficient (Wildman–Crippen LogP) is 2.41. The van der Waals surface area contributed by atoms with Gasteiger partial charge in [0.05, 0.1) is 5.69 Å². The van der Waals surface area contributed by atoms with Crippen molar-refractivity contribution >= 4 is 6.01 Å². The Morgan fingerprint density at radius 1 is 1.53 bits per heavy atom. The smallest absolute Gasteiger partial charge is 0.297 e. The molecule has 1 aromatic heterocycles. The molecule has 0 radical (unpaired) electrons. The van der Waals surface area contributed by atoms with E-state index in [0.717, 1.165) is 24.8 Å². The van der Waals surface area contributed by atoms with E-state index in [0.29, 0.717) is 12.0 Å². The number of nitrogens with zero attached hydrogens (tertiary/aromatic N) is 2. The summed E-state index contributed by atoms with van der Waals surface area (Å²) in [6.45, 7) is 6.21. The highest BCUT2D eigenvalue weighted by Crippen LogP contribution is 2.27. The minimum atomic E-state index is 0.630. The molecular weight excluding hydrogens is 214 g/mol. The van der Waals surface area contributed by atoms with Gasteiger partial charge in [-0.05, 0) is 31.7 Å². The molecule has 1 aromatic rings. The molecule has 1 aliphatic rings. The first-order valence-electron chi connectivity index (χ1n) is 6.54. The van der Waals surface area contributed by atoms with Crippen LogP contribution in [0.1, 0.15) is 38.8 Å². The molecule has 1 fully saturated rings. The van der Waals surface area contributed by atoms with Crippen LogP contribution in [0.4, 0.5) is 6.01 Å². The van der Waals surface area contributed by atoms with Gasteiger partial charge in [0, 0.05) is 19.6 Å². The highest BCUT2D eigenvalue weighted by molar-refractivity contribution is 5.28. The zero-order valence-corrected chi connectivity index (χ0v) is 11.1. The van der Waals surface area contributed by atoms with E-state index in [1.54, 1.807) is 6.26 Å². The van der Waals surface area contributed by atoms with Crippen LogP contribution in [0, 0.1) is 5.92 Å². The van der Waals surface area contributed by atoms with Crippen molar-refractivity contribution in [1.82, 2.24) is 10.3 Å². The summed E-state index contributed by atoms with van der Waals surface area (Å²) in [5.41, 5.74) is 0.992. The van der Waals surface area contributed by atoms with Crippen LogP contribution in [-0.4, -0.2) is 24.6 Å². The molecule has 2 rings (SSSR count). The number of nitrogens with one attached hydrogen (secondary N) is 1. The van der Waals surface area contributed by atoms with E-state index in [1.165, 1.54) is 19.3 Å². The second-order valence-corrected chi connectivity index (χ2v) is 5.34. The van der Waals surface area contributed by atoms with E-state index >= 15 is 0 Å². The average Bonchev–Trinajstić information content (AvgIpc) is 2.63. The lowest BCUT2D eigenvalue weighted by molar-refractivity contribution is 0.379. The van der Waals surface area contributed by atoms with E-state index in [9.17, 15) is 0 Å². The molecule has 0 aliphatic heterocycles. The summed E-state index contributed by atoms with van der Waals surface area (Å²) in [5.74, 6) is 0.666. The van der Waals surface area contributed by atoms with Gasteiger partial charge in [-0.1, -0.05) is 13.8 Å². The number of hydrogen-bond donors (Lipinski definition) is 1. The molecule has 4 heteroatoms. The summed E-state index contributed by atoms with van der Waals surface area (Å²) >= 11 is 0. The van der Waals surface area contributed by atoms with E-state index in [4.69, 9.17) is 4.42 Å². The van der Waals surface area contributed by atoms with Crippen LogP contribution in [0.5, 0.6) is 0 Å². The molecule has 0 saturated heterocycles. The SMILES string of the molecule is CC(C)CNCc1coc(N(C)C2CCC2)n1. The molecule has 1 N–H and O–H groups in total. The average molecular weight is 237 g/mol. The van der Waals surface area contributed by atoms with Gasteiger partial charge in [0.25, 0.3) is 6.01 Å². The van der Waals surface area contributed by atoms with E-state index < -0.39 is 0 Å². The molecular formula is C13H23N3O. The topological polar surface area (TPSA) is 41.3 Å². The fourth-order valence-electron chi connectivity index (χ4n) is 1.96. The van der Waals surface area contributed by atoms with E-state index in [2.05, 4.69) is 36.1 Å². The van der Waals surface area contributed by atoms with Gasteiger partial charge in [0.15, 0.2) is 0 Å². The zero-order valence-electron chi connectivity index (χ0n) is 11.1. The highest BCUT2D eigenvalue weighted by atomic mass is 16.4. The van der Waals surface area contributed by atoms with Crippen molar-refractivity contribution < 1.29 is 4.42 Å². The van der Waals surface area contributed by atoms with Crippen molar-refractivity contribution in [2.45, 2.75) is 45.7 Å². The summed E-state index contributed by atoms with van der Waals surface area (Å²) in [6, 6.07) is 1.39. The molecule has 0 amide bonds. The lowest BCUT2D eigenvalue weighted by Crippen LogP contribution is -2.37. The zero-order chi connectivity index (χ0) is 12.3. The summed E-state index contributed by atoms with van der Waals surface area (Å²) < 4.78 is 5.52. The summed E-state index contributed by atoms with van der Waals surface area (Å²) in [7, 11) is 2.07. The minimum Gasteiger partial charge on any atom is -0.432 e. The fourth-order valence-corrected chi connectivity index (χ4v) is 1.96. The standard InChI is InChI=1S/C13H23N3O/c1-10(2)7-14-8-11-9-17-13(15-11)16(3)12-5-4-6-12/h9-10,12,14H,4-8H2,1-3H3. The van der Waals surface area contributed by atoms with E-state index in [-0.39, 0.29) is 0 Å². The molecule has 0 spiro atoms. The molecule has 1 heterocycles. The third-order valence-corrected chi connectivity index (χ3v) is 3.32. The lowest BCUT2D eigenvalue weighted by atomic mass is 9.92. The largest absolute Gasteiger partial charge is 0.432 e. The monoisotopic (exact) mass is 237 g/mol. The Morgan fingerprint density at radius 2 is 2.29 bits per heavy atom. The Bertz CT molecular complexity index is 344. The third kappa shape index (κ3) is 3.22. The number of oxazole rings is 1. The van der Waals surface area contributed by atoms with Gasteiger partial charge in [0.2, 0.25) is 0 Å². The van der Waals surface area contributed by atoms with Crippen molar-refractivity contribution in [1.29, 1.82) is 0 Å². The van der Waals surface area contributed by atoms with E-state index in [1.807, 2.05) is 0 Å². The molecule has 96 valence electrons. The quantitative estimate of drug-likeness (QED) is 0.825. The lowest BCUT2D eigenvalue weighted by Gasteiger charge is -2.33. The Morgan fingerprint density at radius 3 is 2.88 bits per heavy atom. The van der Waals surface area contributed by atoms with Crippen molar-refractivity contribution in [2.75, 3.05) is 18.5 Å². The van der Waals surface area contributed by atoms with Gasteiger partial charge in [-0.3, -0.25) is 0 Å². The second-order valence-electron chi connectivity index (χ2n) is 5.34. The predicted molar refractivity (Wildman–Crippen MR) is 69.1 cm³/mol. The maximum atomic E-state index is 5.52. The van der Waals surface area contributed by atoms with Crippen LogP contribution in [-0.2, 0) is 6.54 Å². The van der Waals surface area contributed by atoms with Gasteiger partial charge >= 0.3 is 0 Å². The molecule has 1 saturated carbocycles. The number of aromatic nitrogens is 1. The maximum absolute atomic E-state index is 5.52. The number of hydrogen-bond acceptors (Lipinski definition) is 4. The second kappa shape index (κ2) is 5.54. The molecule has 0 unspecified atom stereocenters. The summed E-state index contributed by atoms with van der Waals surface area (Å²) in [5, 5.41) is 3.37. The molecule has 0 bridgehead atoms. The van der Waals surface area contributed by atoms with Crippen LogP contribution in [0.2, 0.25) is 0 Å². The van der Waals surface area contributed by atoms with Crippen molar-refractivity contribution in [3.05, 3.63) is 12.0 Å². The third-order valence-electron chi connectivity index (χ3n) is 3.32. The number of anilines is 1. The Hall–Kier alpha value is -1.03. The van der Waals surface area contributed by atoms with Crippen LogP contribution in [0.15, 0.2) is 10.7 Å². The van der Waals surface area contributed by atoms with Gasteiger partial charge in [-0.25, -0.2) is 0 Å². The van der Waals surface area contributed by atoms with Crippen molar-refractivity contribution in [3.63, 3.8) is 0 Å². The normalized spacial score (nSPS) is 16.2. The Kier molecular flexibility index (Phi) is 4.05. The molecule has 0 atom stereocenters.